The van der Waals surface area contributed by atoms with Gasteiger partial charge in [0.2, 0.25) is 0 Å². The van der Waals surface area contributed by atoms with E-state index in [1.165, 1.54) is 30.6 Å². The van der Waals surface area contributed by atoms with Crippen LogP contribution in [0.1, 0.15) is 10.4 Å². The molecule has 0 unspecified atom stereocenters. The maximum absolute atomic E-state index is 12.5. The summed E-state index contributed by atoms with van der Waals surface area (Å²) >= 11 is 0. The number of amides is 1. The third-order valence-corrected chi connectivity index (χ3v) is 1.50. The molecule has 0 aromatic heterocycles. The molecule has 74 valence electrons. The van der Waals surface area contributed by atoms with Crippen LogP contribution in [0, 0.1) is 5.82 Å². The van der Waals surface area contributed by atoms with E-state index in [0.29, 0.717) is 5.56 Å². The van der Waals surface area contributed by atoms with Crippen molar-refractivity contribution in [2.45, 2.75) is 0 Å². The minimum atomic E-state index is -0.376. The summed E-state index contributed by atoms with van der Waals surface area (Å²) in [6.45, 7) is 0. The molecule has 0 aliphatic carbocycles. The van der Waals surface area contributed by atoms with E-state index in [1.807, 2.05) is 0 Å². The number of aliphatic imine (C=N–C) groups is 1. The van der Waals surface area contributed by atoms with Crippen molar-refractivity contribution in [1.82, 2.24) is 4.90 Å². The third kappa shape index (κ3) is 2.97. The molecule has 0 fully saturated rings. The topological polar surface area (TPSA) is 32.7 Å². The van der Waals surface area contributed by atoms with Crippen molar-refractivity contribution in [1.29, 1.82) is 0 Å². The fraction of sp³-hybridized carbons (Fsp3) is 0.200. The highest BCUT2D eigenvalue weighted by molar-refractivity contribution is 5.98. The molecular formula is C10H11FN2O. The first kappa shape index (κ1) is 10.4. The number of rotatable bonds is 2. The van der Waals surface area contributed by atoms with Crippen LogP contribution in [0.2, 0.25) is 0 Å². The molecule has 3 nitrogen and oxygen atoms in total. The molecule has 0 spiro atoms. The van der Waals surface area contributed by atoms with Crippen LogP contribution in [-0.2, 0) is 0 Å². The molecule has 0 saturated carbocycles. The van der Waals surface area contributed by atoms with Gasteiger partial charge < -0.3 is 4.90 Å². The first-order chi connectivity index (χ1) is 6.59. The molecule has 0 aliphatic rings. The number of halogens is 1. The number of carbonyl (C=O) groups excluding carboxylic acids is 1. The van der Waals surface area contributed by atoms with Crippen molar-refractivity contribution in [3.8, 4) is 0 Å². The summed E-state index contributed by atoms with van der Waals surface area (Å²) in [6, 6.07) is 5.28. The van der Waals surface area contributed by atoms with Crippen LogP contribution >= 0.6 is 0 Å². The second-order valence-electron chi connectivity index (χ2n) is 3.02. The molecular weight excluding hydrogens is 183 g/mol. The monoisotopic (exact) mass is 194 g/mol. The van der Waals surface area contributed by atoms with E-state index < -0.39 is 0 Å². The number of carbonyl (C=O) groups is 1. The lowest BCUT2D eigenvalue weighted by atomic mass is 10.2. The predicted octanol–water partition coefficient (Wildman–Crippen LogP) is 1.56. The van der Waals surface area contributed by atoms with Gasteiger partial charge in [0, 0.05) is 19.7 Å². The van der Waals surface area contributed by atoms with Crippen molar-refractivity contribution in [2.24, 2.45) is 4.99 Å². The van der Waals surface area contributed by atoms with Gasteiger partial charge in [0.05, 0.1) is 6.34 Å². The van der Waals surface area contributed by atoms with E-state index in [2.05, 4.69) is 4.99 Å². The number of nitrogens with zero attached hydrogens (tertiary/aromatic N) is 2. The molecule has 1 amide bonds. The van der Waals surface area contributed by atoms with E-state index in [1.54, 1.807) is 19.0 Å². The third-order valence-electron chi connectivity index (χ3n) is 1.50. The summed E-state index contributed by atoms with van der Waals surface area (Å²) in [5.41, 5.74) is 0.379. The summed E-state index contributed by atoms with van der Waals surface area (Å²) in [7, 11) is 3.53. The van der Waals surface area contributed by atoms with Gasteiger partial charge in [-0.15, -0.1) is 0 Å². The molecule has 0 aliphatic heterocycles. The molecule has 0 saturated heterocycles. The van der Waals surface area contributed by atoms with Crippen molar-refractivity contribution in [3.05, 3.63) is 35.6 Å². The first-order valence-corrected chi connectivity index (χ1v) is 4.10. The van der Waals surface area contributed by atoms with Crippen molar-refractivity contribution < 1.29 is 9.18 Å². The van der Waals surface area contributed by atoms with E-state index in [0.717, 1.165) is 0 Å². The average Bonchev–Trinajstić information content (AvgIpc) is 2.15. The van der Waals surface area contributed by atoms with Gasteiger partial charge in [0.1, 0.15) is 5.82 Å². The normalized spacial score (nSPS) is 10.5. The van der Waals surface area contributed by atoms with Gasteiger partial charge in [0.15, 0.2) is 0 Å². The second-order valence-corrected chi connectivity index (χ2v) is 3.02. The lowest BCUT2D eigenvalue weighted by Gasteiger charge is -2.01. The minimum Gasteiger partial charge on any atom is -0.369 e. The Morgan fingerprint density at radius 1 is 1.36 bits per heavy atom. The van der Waals surface area contributed by atoms with Crippen molar-refractivity contribution in [2.75, 3.05) is 14.1 Å². The van der Waals surface area contributed by atoms with Crippen molar-refractivity contribution in [3.63, 3.8) is 0 Å². The van der Waals surface area contributed by atoms with Gasteiger partial charge in [-0.05, 0) is 24.3 Å². The molecule has 0 atom stereocenters. The van der Waals surface area contributed by atoms with Crippen LogP contribution < -0.4 is 0 Å². The van der Waals surface area contributed by atoms with Gasteiger partial charge in [0.25, 0.3) is 5.91 Å². The lowest BCUT2D eigenvalue weighted by Crippen LogP contribution is -2.09. The lowest BCUT2D eigenvalue weighted by molar-refractivity contribution is 0.100. The zero-order valence-corrected chi connectivity index (χ0v) is 8.07. The average molecular weight is 194 g/mol. The maximum Gasteiger partial charge on any atom is 0.278 e. The fourth-order valence-corrected chi connectivity index (χ4v) is 0.835. The fourth-order valence-electron chi connectivity index (χ4n) is 0.835. The van der Waals surface area contributed by atoms with Gasteiger partial charge in [-0.2, -0.15) is 4.99 Å². The molecule has 0 bridgehead atoms. The molecule has 14 heavy (non-hydrogen) atoms. The Hall–Kier alpha value is -1.71. The smallest absolute Gasteiger partial charge is 0.278 e. The summed E-state index contributed by atoms with van der Waals surface area (Å²) in [5.74, 6) is -0.739. The summed E-state index contributed by atoms with van der Waals surface area (Å²) in [4.78, 5) is 16.6. The van der Waals surface area contributed by atoms with Crippen LogP contribution in [0.3, 0.4) is 0 Å². The Balaban J connectivity index is 2.75. The van der Waals surface area contributed by atoms with E-state index in [4.69, 9.17) is 0 Å². The van der Waals surface area contributed by atoms with Crippen LogP contribution in [0.25, 0.3) is 0 Å². The van der Waals surface area contributed by atoms with Gasteiger partial charge >= 0.3 is 0 Å². The Bertz CT molecular complexity index is 344. The number of hydrogen-bond acceptors (Lipinski definition) is 1. The van der Waals surface area contributed by atoms with Crippen LogP contribution in [0.15, 0.2) is 29.3 Å². The summed E-state index contributed by atoms with van der Waals surface area (Å²) < 4.78 is 12.5. The minimum absolute atomic E-state index is 0.363. The molecule has 4 heteroatoms. The van der Waals surface area contributed by atoms with E-state index in [9.17, 15) is 9.18 Å². The van der Waals surface area contributed by atoms with Gasteiger partial charge in [-0.25, -0.2) is 4.39 Å². The Labute approximate surface area is 81.9 Å². The van der Waals surface area contributed by atoms with Crippen LogP contribution in [-0.4, -0.2) is 31.2 Å². The summed E-state index contributed by atoms with van der Waals surface area (Å²) in [5, 5.41) is 0. The van der Waals surface area contributed by atoms with Crippen molar-refractivity contribution >= 4 is 12.2 Å². The highest BCUT2D eigenvalue weighted by atomic mass is 19.1. The predicted molar refractivity (Wildman–Crippen MR) is 52.9 cm³/mol. The van der Waals surface area contributed by atoms with E-state index >= 15 is 0 Å². The molecule has 1 rings (SSSR count). The van der Waals surface area contributed by atoms with Gasteiger partial charge in [-0.3, -0.25) is 4.79 Å². The van der Waals surface area contributed by atoms with E-state index in [-0.39, 0.29) is 11.7 Å². The quantitative estimate of drug-likeness (QED) is 0.528. The van der Waals surface area contributed by atoms with Crippen LogP contribution in [0.4, 0.5) is 4.39 Å². The van der Waals surface area contributed by atoms with Gasteiger partial charge in [-0.1, -0.05) is 0 Å². The Kier molecular flexibility index (Phi) is 3.34. The highest BCUT2D eigenvalue weighted by Crippen LogP contribution is 2.03. The number of benzene rings is 1. The standard InChI is InChI=1S/C10H11FN2O/c1-13(2)7-12-10(14)8-3-5-9(11)6-4-8/h3-7H,1-2H3. The maximum atomic E-state index is 12.5. The first-order valence-electron chi connectivity index (χ1n) is 4.10. The largest absolute Gasteiger partial charge is 0.369 e. The molecule has 1 aromatic carbocycles. The highest BCUT2D eigenvalue weighted by Gasteiger charge is 2.02. The molecule has 0 radical (unpaired) electrons. The molecule has 0 heterocycles. The van der Waals surface area contributed by atoms with Crippen LogP contribution in [0.5, 0.6) is 0 Å². The zero-order valence-electron chi connectivity index (χ0n) is 8.07. The Morgan fingerprint density at radius 3 is 2.43 bits per heavy atom. The SMILES string of the molecule is CN(C)C=NC(=O)c1ccc(F)cc1. The molecule has 1 aromatic rings. The number of hydrogen-bond donors (Lipinski definition) is 0. The Morgan fingerprint density at radius 2 is 1.93 bits per heavy atom. The summed E-state index contributed by atoms with van der Waals surface area (Å²) in [6.07, 6.45) is 1.41. The zero-order chi connectivity index (χ0) is 10.6. The molecule has 0 N–H and O–H groups in total. The second kappa shape index (κ2) is 4.50.